The maximum atomic E-state index is 11.1. The lowest BCUT2D eigenvalue weighted by atomic mass is 10.2. The van der Waals surface area contributed by atoms with Crippen LogP contribution >= 0.6 is 34.8 Å². The fourth-order valence-corrected chi connectivity index (χ4v) is 3.35. The fourth-order valence-electron chi connectivity index (χ4n) is 2.69. The number of amides is 1. The Morgan fingerprint density at radius 3 is 2.21 bits per heavy atom. The highest BCUT2D eigenvalue weighted by Gasteiger charge is 2.08. The summed E-state index contributed by atoms with van der Waals surface area (Å²) in [6.07, 6.45) is 0. The third-order valence-corrected chi connectivity index (χ3v) is 4.93. The molecule has 1 amide bonds. The minimum Gasteiger partial charge on any atom is -0.488 e. The Kier molecular flexibility index (Phi) is 7.26. The highest BCUT2D eigenvalue weighted by molar-refractivity contribution is 6.35. The monoisotopic (exact) mass is 448 g/mol. The maximum absolute atomic E-state index is 11.1. The standard InChI is InChI=1S/C22H19Cl3N2O2/c1-14(28)27-20-7-5-19(6-8-20)26-12-16-10-17(23)4-9-22(16)29-13-15-2-3-18(24)11-21(15)25/h2-11,26H,12-13H2,1H3,(H,27,28). The van der Waals surface area contributed by atoms with Crippen LogP contribution in [0.2, 0.25) is 15.1 Å². The second-order valence-corrected chi connectivity index (χ2v) is 7.67. The predicted molar refractivity (Wildman–Crippen MR) is 120 cm³/mol. The van der Waals surface area contributed by atoms with E-state index in [0.717, 1.165) is 22.5 Å². The largest absolute Gasteiger partial charge is 0.488 e. The molecule has 4 nitrogen and oxygen atoms in total. The van der Waals surface area contributed by atoms with Crippen molar-refractivity contribution in [1.29, 1.82) is 0 Å². The third-order valence-electron chi connectivity index (χ3n) is 4.11. The van der Waals surface area contributed by atoms with Crippen LogP contribution in [-0.4, -0.2) is 5.91 Å². The molecule has 0 atom stereocenters. The van der Waals surface area contributed by atoms with Gasteiger partial charge in [0, 0.05) is 51.0 Å². The van der Waals surface area contributed by atoms with Gasteiger partial charge in [-0.05, 0) is 54.6 Å². The number of nitrogens with one attached hydrogen (secondary N) is 2. The Morgan fingerprint density at radius 1 is 0.862 bits per heavy atom. The van der Waals surface area contributed by atoms with Gasteiger partial charge in [0.25, 0.3) is 0 Å². The van der Waals surface area contributed by atoms with Crippen LogP contribution in [0.1, 0.15) is 18.1 Å². The van der Waals surface area contributed by atoms with Gasteiger partial charge >= 0.3 is 0 Å². The highest BCUT2D eigenvalue weighted by Crippen LogP contribution is 2.27. The third kappa shape index (κ3) is 6.29. The lowest BCUT2D eigenvalue weighted by molar-refractivity contribution is -0.114. The number of halogens is 3. The van der Waals surface area contributed by atoms with E-state index in [-0.39, 0.29) is 5.91 Å². The molecular weight excluding hydrogens is 431 g/mol. The van der Waals surface area contributed by atoms with Gasteiger partial charge in [-0.1, -0.05) is 40.9 Å². The predicted octanol–water partition coefficient (Wildman–Crippen LogP) is 6.80. The van der Waals surface area contributed by atoms with Gasteiger partial charge in [0.15, 0.2) is 0 Å². The van der Waals surface area contributed by atoms with Crippen molar-refractivity contribution in [3.63, 3.8) is 0 Å². The van der Waals surface area contributed by atoms with Crippen molar-refractivity contribution in [2.45, 2.75) is 20.1 Å². The first-order chi connectivity index (χ1) is 13.9. The Balaban J connectivity index is 1.67. The number of benzene rings is 3. The smallest absolute Gasteiger partial charge is 0.221 e. The quantitative estimate of drug-likeness (QED) is 0.417. The first-order valence-electron chi connectivity index (χ1n) is 8.87. The van der Waals surface area contributed by atoms with Crippen LogP contribution in [0.5, 0.6) is 5.75 Å². The summed E-state index contributed by atoms with van der Waals surface area (Å²) >= 11 is 18.3. The summed E-state index contributed by atoms with van der Waals surface area (Å²) in [5.74, 6) is 0.606. The van der Waals surface area contributed by atoms with Crippen LogP contribution in [0.3, 0.4) is 0 Å². The number of hydrogen-bond donors (Lipinski definition) is 2. The number of carbonyl (C=O) groups is 1. The summed E-state index contributed by atoms with van der Waals surface area (Å²) in [5, 5.41) is 7.84. The number of rotatable bonds is 7. The molecule has 0 aromatic heterocycles. The molecule has 0 unspecified atom stereocenters. The van der Waals surface area contributed by atoms with Crippen LogP contribution in [0.4, 0.5) is 11.4 Å². The van der Waals surface area contributed by atoms with Crippen LogP contribution in [0.25, 0.3) is 0 Å². The zero-order valence-electron chi connectivity index (χ0n) is 15.6. The summed E-state index contributed by atoms with van der Waals surface area (Å²) in [7, 11) is 0. The van der Waals surface area contributed by atoms with Gasteiger partial charge in [-0.2, -0.15) is 0 Å². The normalized spacial score (nSPS) is 10.5. The van der Waals surface area contributed by atoms with E-state index in [1.54, 1.807) is 18.2 Å². The van der Waals surface area contributed by atoms with E-state index in [9.17, 15) is 4.79 Å². The molecule has 2 N–H and O–H groups in total. The molecule has 0 bridgehead atoms. The van der Waals surface area contributed by atoms with Gasteiger partial charge in [-0.25, -0.2) is 0 Å². The van der Waals surface area contributed by atoms with E-state index >= 15 is 0 Å². The molecule has 7 heteroatoms. The minimum atomic E-state index is -0.104. The first-order valence-corrected chi connectivity index (χ1v) is 10.0. The van der Waals surface area contributed by atoms with E-state index in [2.05, 4.69) is 10.6 Å². The number of anilines is 2. The molecule has 3 aromatic rings. The lowest BCUT2D eigenvalue weighted by Crippen LogP contribution is -2.06. The molecule has 0 saturated carbocycles. The molecule has 3 rings (SSSR count). The zero-order valence-corrected chi connectivity index (χ0v) is 17.9. The molecule has 0 aliphatic carbocycles. The molecular formula is C22H19Cl3N2O2. The number of carbonyl (C=O) groups excluding carboxylic acids is 1. The van der Waals surface area contributed by atoms with Gasteiger partial charge in [0.05, 0.1) is 0 Å². The van der Waals surface area contributed by atoms with Crippen molar-refractivity contribution in [3.05, 3.63) is 86.9 Å². The van der Waals surface area contributed by atoms with E-state index < -0.39 is 0 Å². The van der Waals surface area contributed by atoms with Crippen molar-refractivity contribution in [1.82, 2.24) is 0 Å². The Morgan fingerprint density at radius 2 is 1.52 bits per heavy atom. The summed E-state index contributed by atoms with van der Waals surface area (Å²) in [5.41, 5.74) is 3.41. The Labute approximate surface area is 184 Å². The van der Waals surface area contributed by atoms with E-state index in [1.165, 1.54) is 6.92 Å². The number of hydrogen-bond acceptors (Lipinski definition) is 3. The molecule has 0 saturated heterocycles. The number of ether oxygens (including phenoxy) is 1. The molecule has 0 aliphatic rings. The average molecular weight is 450 g/mol. The van der Waals surface area contributed by atoms with Crippen molar-refractivity contribution < 1.29 is 9.53 Å². The van der Waals surface area contributed by atoms with Crippen LogP contribution in [-0.2, 0) is 17.9 Å². The molecule has 3 aromatic carbocycles. The molecule has 0 spiro atoms. The molecule has 0 aliphatic heterocycles. The molecule has 29 heavy (non-hydrogen) atoms. The van der Waals surface area contributed by atoms with E-state index in [4.69, 9.17) is 39.5 Å². The molecule has 0 radical (unpaired) electrons. The van der Waals surface area contributed by atoms with Gasteiger partial charge in [-0.15, -0.1) is 0 Å². The highest BCUT2D eigenvalue weighted by atomic mass is 35.5. The maximum Gasteiger partial charge on any atom is 0.221 e. The zero-order chi connectivity index (χ0) is 20.8. The van der Waals surface area contributed by atoms with Gasteiger partial charge < -0.3 is 15.4 Å². The van der Waals surface area contributed by atoms with Crippen molar-refractivity contribution in [3.8, 4) is 5.75 Å². The minimum absolute atomic E-state index is 0.104. The molecule has 0 heterocycles. The second-order valence-electron chi connectivity index (χ2n) is 6.39. The van der Waals surface area contributed by atoms with Gasteiger partial charge in [0.1, 0.15) is 12.4 Å². The van der Waals surface area contributed by atoms with Crippen molar-refractivity contribution in [2.75, 3.05) is 10.6 Å². The topological polar surface area (TPSA) is 50.4 Å². The Bertz CT molecular complexity index is 1010. The van der Waals surface area contributed by atoms with Crippen LogP contribution < -0.4 is 15.4 Å². The average Bonchev–Trinajstić information content (AvgIpc) is 2.67. The van der Waals surface area contributed by atoms with E-state index in [1.807, 2.05) is 42.5 Å². The summed E-state index contributed by atoms with van der Waals surface area (Å²) in [6, 6.07) is 18.2. The summed E-state index contributed by atoms with van der Waals surface area (Å²) in [6.45, 7) is 2.31. The van der Waals surface area contributed by atoms with Crippen LogP contribution in [0.15, 0.2) is 60.7 Å². The Hall–Kier alpha value is -2.40. The van der Waals surface area contributed by atoms with Crippen LogP contribution in [0, 0.1) is 0 Å². The second kappa shape index (κ2) is 9.88. The van der Waals surface area contributed by atoms with Gasteiger partial charge in [-0.3, -0.25) is 4.79 Å². The molecule has 0 fully saturated rings. The fraction of sp³-hybridized carbons (Fsp3) is 0.136. The first kappa shape index (κ1) is 21.3. The summed E-state index contributed by atoms with van der Waals surface area (Å²) in [4.78, 5) is 11.1. The SMILES string of the molecule is CC(=O)Nc1ccc(NCc2cc(Cl)ccc2OCc2ccc(Cl)cc2Cl)cc1. The van der Waals surface area contributed by atoms with Gasteiger partial charge in [0.2, 0.25) is 5.91 Å². The van der Waals surface area contributed by atoms with Crippen molar-refractivity contribution >= 4 is 52.1 Å². The van der Waals surface area contributed by atoms with E-state index in [0.29, 0.717) is 34.0 Å². The summed E-state index contributed by atoms with van der Waals surface area (Å²) < 4.78 is 5.98. The van der Waals surface area contributed by atoms with Crippen molar-refractivity contribution in [2.24, 2.45) is 0 Å². The lowest BCUT2D eigenvalue weighted by Gasteiger charge is -2.14. The molecule has 150 valence electrons.